The molecule has 0 saturated carbocycles. The highest BCUT2D eigenvalue weighted by atomic mass is 16.3. The van der Waals surface area contributed by atoms with Gasteiger partial charge in [-0.25, -0.2) is 0 Å². The van der Waals surface area contributed by atoms with Crippen molar-refractivity contribution < 1.29 is 15.0 Å². The molecule has 0 spiro atoms. The fourth-order valence-electron chi connectivity index (χ4n) is 2.38. The van der Waals surface area contributed by atoms with Crippen LogP contribution in [0.4, 0.5) is 0 Å². The van der Waals surface area contributed by atoms with Crippen LogP contribution >= 0.6 is 0 Å². The molecule has 0 heterocycles. The molecule has 2 aromatic carbocycles. The molecule has 0 fully saturated rings. The van der Waals surface area contributed by atoms with E-state index in [1.165, 1.54) is 0 Å². The standard InChI is InChI=1S/C13H10O3/c14-7-13(16)10-6-2-4-8-3-1-5-9(11(8)10)12(13)15/h1-6,14,16H,7H2. The van der Waals surface area contributed by atoms with E-state index in [4.69, 9.17) is 0 Å². The van der Waals surface area contributed by atoms with Gasteiger partial charge in [0.05, 0.1) is 6.61 Å². The number of hydrogen-bond donors (Lipinski definition) is 2. The van der Waals surface area contributed by atoms with Crippen molar-refractivity contribution in [3.63, 3.8) is 0 Å². The number of aliphatic hydroxyl groups excluding tert-OH is 1. The molecule has 16 heavy (non-hydrogen) atoms. The van der Waals surface area contributed by atoms with Crippen molar-refractivity contribution in [2.45, 2.75) is 5.60 Å². The van der Waals surface area contributed by atoms with Crippen molar-refractivity contribution in [1.29, 1.82) is 0 Å². The summed E-state index contributed by atoms with van der Waals surface area (Å²) >= 11 is 0. The van der Waals surface area contributed by atoms with Gasteiger partial charge < -0.3 is 10.2 Å². The van der Waals surface area contributed by atoms with Crippen LogP contribution in [0.5, 0.6) is 0 Å². The summed E-state index contributed by atoms with van der Waals surface area (Å²) in [4.78, 5) is 12.0. The van der Waals surface area contributed by atoms with Crippen molar-refractivity contribution in [2.75, 3.05) is 6.61 Å². The predicted molar refractivity (Wildman–Crippen MR) is 59.3 cm³/mol. The number of carbonyl (C=O) groups excluding carboxylic acids is 1. The second-order valence-corrected chi connectivity index (χ2v) is 4.06. The molecule has 1 unspecified atom stereocenters. The lowest BCUT2D eigenvalue weighted by Crippen LogP contribution is -2.35. The van der Waals surface area contributed by atoms with Crippen LogP contribution in [-0.4, -0.2) is 22.6 Å². The zero-order valence-corrected chi connectivity index (χ0v) is 8.47. The Morgan fingerprint density at radius 3 is 2.50 bits per heavy atom. The van der Waals surface area contributed by atoms with Gasteiger partial charge in [0, 0.05) is 11.1 Å². The first-order valence-corrected chi connectivity index (χ1v) is 5.09. The molecule has 2 aromatic rings. The van der Waals surface area contributed by atoms with Gasteiger partial charge in [-0.3, -0.25) is 4.79 Å². The average Bonchev–Trinajstić information content (AvgIpc) is 2.55. The summed E-state index contributed by atoms with van der Waals surface area (Å²) < 4.78 is 0. The molecule has 0 radical (unpaired) electrons. The number of hydrogen-bond acceptors (Lipinski definition) is 3. The van der Waals surface area contributed by atoms with E-state index in [-0.39, 0.29) is 0 Å². The number of Topliss-reactive ketones (excluding diaryl/α,β-unsaturated/α-hetero) is 1. The maximum Gasteiger partial charge on any atom is 0.201 e. The molecule has 2 N–H and O–H groups in total. The third-order valence-electron chi connectivity index (χ3n) is 3.20. The smallest absolute Gasteiger partial charge is 0.201 e. The molecule has 1 aliphatic carbocycles. The average molecular weight is 214 g/mol. The minimum absolute atomic E-state index is 0.415. The van der Waals surface area contributed by atoms with E-state index >= 15 is 0 Å². The van der Waals surface area contributed by atoms with Gasteiger partial charge in [0.25, 0.3) is 0 Å². The van der Waals surface area contributed by atoms with Crippen LogP contribution in [0.3, 0.4) is 0 Å². The predicted octanol–water partition coefficient (Wildman–Crippen LogP) is 1.22. The highest BCUT2D eigenvalue weighted by molar-refractivity contribution is 6.19. The van der Waals surface area contributed by atoms with Gasteiger partial charge in [0.15, 0.2) is 5.60 Å². The van der Waals surface area contributed by atoms with Crippen molar-refractivity contribution in [3.05, 3.63) is 47.5 Å². The SMILES string of the molecule is O=C1c2cccc3cccc(c23)C1(O)CO. The Bertz CT molecular complexity index is 598. The lowest BCUT2D eigenvalue weighted by atomic mass is 9.95. The molecule has 0 aliphatic heterocycles. The number of rotatable bonds is 1. The molecule has 0 amide bonds. The van der Waals surface area contributed by atoms with E-state index in [1.807, 2.05) is 12.1 Å². The van der Waals surface area contributed by atoms with Crippen LogP contribution in [0.25, 0.3) is 10.8 Å². The van der Waals surface area contributed by atoms with Gasteiger partial charge in [-0.2, -0.15) is 0 Å². The Balaban J connectivity index is 2.49. The van der Waals surface area contributed by atoms with Crippen LogP contribution in [-0.2, 0) is 5.60 Å². The minimum atomic E-state index is -1.76. The molecule has 0 saturated heterocycles. The van der Waals surface area contributed by atoms with Gasteiger partial charge in [-0.05, 0) is 10.8 Å². The maximum absolute atomic E-state index is 12.0. The minimum Gasteiger partial charge on any atom is -0.393 e. The van der Waals surface area contributed by atoms with E-state index in [1.54, 1.807) is 24.3 Å². The topological polar surface area (TPSA) is 57.5 Å². The van der Waals surface area contributed by atoms with Crippen LogP contribution in [0, 0.1) is 0 Å². The summed E-state index contributed by atoms with van der Waals surface area (Å²) in [6, 6.07) is 10.7. The Morgan fingerprint density at radius 2 is 1.81 bits per heavy atom. The van der Waals surface area contributed by atoms with Crippen LogP contribution in [0.1, 0.15) is 15.9 Å². The molecule has 80 valence electrons. The van der Waals surface area contributed by atoms with Crippen molar-refractivity contribution >= 4 is 16.6 Å². The summed E-state index contributed by atoms with van der Waals surface area (Å²) in [5, 5.41) is 21.1. The van der Waals surface area contributed by atoms with Crippen LogP contribution < -0.4 is 0 Å². The largest absolute Gasteiger partial charge is 0.393 e. The quantitative estimate of drug-likeness (QED) is 0.750. The Labute approximate surface area is 92.0 Å². The number of ketones is 1. The van der Waals surface area contributed by atoms with Gasteiger partial charge >= 0.3 is 0 Å². The normalized spacial score (nSPS) is 23.0. The van der Waals surface area contributed by atoms with Gasteiger partial charge in [-0.15, -0.1) is 0 Å². The molecule has 1 atom stereocenters. The maximum atomic E-state index is 12.0. The molecule has 3 rings (SSSR count). The Morgan fingerprint density at radius 1 is 1.12 bits per heavy atom. The second kappa shape index (κ2) is 2.90. The summed E-state index contributed by atoms with van der Waals surface area (Å²) in [6.45, 7) is -0.584. The molecule has 3 nitrogen and oxygen atoms in total. The molecular weight excluding hydrogens is 204 g/mol. The molecule has 1 aliphatic rings. The molecule has 3 heteroatoms. The fraction of sp³-hybridized carbons (Fsp3) is 0.154. The first kappa shape index (κ1) is 9.51. The summed E-state index contributed by atoms with van der Waals surface area (Å²) in [5.41, 5.74) is -0.763. The lowest BCUT2D eigenvalue weighted by molar-refractivity contribution is -0.000568. The summed E-state index contributed by atoms with van der Waals surface area (Å²) in [7, 11) is 0. The second-order valence-electron chi connectivity index (χ2n) is 4.06. The van der Waals surface area contributed by atoms with Crippen LogP contribution in [0.2, 0.25) is 0 Å². The third-order valence-corrected chi connectivity index (χ3v) is 3.20. The third kappa shape index (κ3) is 0.919. The fourth-order valence-corrected chi connectivity index (χ4v) is 2.38. The lowest BCUT2D eigenvalue weighted by Gasteiger charge is -2.19. The van der Waals surface area contributed by atoms with E-state index in [0.29, 0.717) is 11.1 Å². The van der Waals surface area contributed by atoms with Crippen molar-refractivity contribution in [3.8, 4) is 0 Å². The Hall–Kier alpha value is -1.71. The summed E-state index contributed by atoms with van der Waals surface area (Å²) in [6.07, 6.45) is 0. The van der Waals surface area contributed by atoms with Crippen LogP contribution in [0.15, 0.2) is 36.4 Å². The number of aliphatic hydroxyl groups is 2. The van der Waals surface area contributed by atoms with Gasteiger partial charge in [-0.1, -0.05) is 36.4 Å². The number of benzene rings is 2. The van der Waals surface area contributed by atoms with E-state index < -0.39 is 18.0 Å². The molecule has 0 bridgehead atoms. The van der Waals surface area contributed by atoms with E-state index in [0.717, 1.165) is 10.8 Å². The first-order chi connectivity index (χ1) is 7.68. The highest BCUT2D eigenvalue weighted by Gasteiger charge is 2.45. The zero-order chi connectivity index (χ0) is 11.3. The van der Waals surface area contributed by atoms with E-state index in [9.17, 15) is 15.0 Å². The van der Waals surface area contributed by atoms with Crippen molar-refractivity contribution in [1.82, 2.24) is 0 Å². The van der Waals surface area contributed by atoms with Gasteiger partial charge in [0.1, 0.15) is 0 Å². The monoisotopic (exact) mass is 214 g/mol. The first-order valence-electron chi connectivity index (χ1n) is 5.09. The number of carbonyl (C=O) groups is 1. The van der Waals surface area contributed by atoms with Gasteiger partial charge in [0.2, 0.25) is 5.78 Å². The molecule has 0 aromatic heterocycles. The van der Waals surface area contributed by atoms with E-state index in [2.05, 4.69) is 0 Å². The molecular formula is C13H10O3. The highest BCUT2D eigenvalue weighted by Crippen LogP contribution is 2.40. The Kier molecular flexibility index (Phi) is 1.73. The zero-order valence-electron chi connectivity index (χ0n) is 8.47. The van der Waals surface area contributed by atoms with Crippen molar-refractivity contribution in [2.24, 2.45) is 0 Å². The summed E-state index contributed by atoms with van der Waals surface area (Å²) in [5.74, 6) is -0.415.